The standard InChI is InChI=1S/C22H21FN2O3/c1-12-11-17-19(21(26)18(12)22(27)28-2)20(13-7-3-4-8-14(13)23)25-16-10-6-5-9-15(16)24-17/h3-10,12,18,20,24-25H,11H2,1-2H3/t12-,18+,20+/m1/s1. The molecule has 28 heavy (non-hydrogen) atoms. The lowest BCUT2D eigenvalue weighted by Gasteiger charge is -2.32. The molecule has 1 heterocycles. The number of carbonyl (C=O) groups excluding carboxylic acids is 2. The van der Waals surface area contributed by atoms with Crippen LogP contribution < -0.4 is 10.6 Å². The lowest BCUT2D eigenvalue weighted by Crippen LogP contribution is -2.39. The zero-order chi connectivity index (χ0) is 19.8. The Morgan fingerprint density at radius 2 is 1.79 bits per heavy atom. The lowest BCUT2D eigenvalue weighted by molar-refractivity contribution is -0.151. The van der Waals surface area contributed by atoms with E-state index in [0.717, 1.165) is 11.4 Å². The van der Waals surface area contributed by atoms with Crippen molar-refractivity contribution in [3.63, 3.8) is 0 Å². The number of fused-ring (bicyclic) bond motifs is 1. The summed E-state index contributed by atoms with van der Waals surface area (Å²) in [5.74, 6) is -2.42. The molecule has 2 aliphatic rings. The third-order valence-corrected chi connectivity index (χ3v) is 5.44. The summed E-state index contributed by atoms with van der Waals surface area (Å²) in [5, 5.41) is 6.65. The van der Waals surface area contributed by atoms with Crippen molar-refractivity contribution >= 4 is 23.1 Å². The molecule has 6 heteroatoms. The summed E-state index contributed by atoms with van der Waals surface area (Å²) in [7, 11) is 1.28. The van der Waals surface area contributed by atoms with E-state index >= 15 is 0 Å². The number of carbonyl (C=O) groups is 2. The summed E-state index contributed by atoms with van der Waals surface area (Å²) >= 11 is 0. The molecule has 2 N–H and O–H groups in total. The summed E-state index contributed by atoms with van der Waals surface area (Å²) in [6.45, 7) is 1.85. The molecule has 0 fully saturated rings. The van der Waals surface area contributed by atoms with E-state index < -0.39 is 23.7 Å². The number of hydrogen-bond acceptors (Lipinski definition) is 5. The van der Waals surface area contributed by atoms with E-state index in [0.29, 0.717) is 23.3 Å². The van der Waals surface area contributed by atoms with Gasteiger partial charge in [0.05, 0.1) is 24.5 Å². The number of rotatable bonds is 2. The van der Waals surface area contributed by atoms with Crippen molar-refractivity contribution in [3.8, 4) is 0 Å². The maximum absolute atomic E-state index is 14.7. The van der Waals surface area contributed by atoms with Gasteiger partial charge in [0.1, 0.15) is 11.7 Å². The van der Waals surface area contributed by atoms with Gasteiger partial charge in [-0.15, -0.1) is 0 Å². The number of methoxy groups -OCH3 is 1. The third kappa shape index (κ3) is 2.95. The first-order valence-electron chi connectivity index (χ1n) is 9.23. The van der Waals surface area contributed by atoms with Crippen molar-refractivity contribution in [1.82, 2.24) is 0 Å². The second-order valence-corrected chi connectivity index (χ2v) is 7.21. The molecule has 5 nitrogen and oxygen atoms in total. The topological polar surface area (TPSA) is 67.4 Å². The van der Waals surface area contributed by atoms with Crippen molar-refractivity contribution in [2.24, 2.45) is 11.8 Å². The highest BCUT2D eigenvalue weighted by atomic mass is 19.1. The van der Waals surface area contributed by atoms with Crippen LogP contribution in [-0.4, -0.2) is 18.9 Å². The van der Waals surface area contributed by atoms with E-state index in [9.17, 15) is 14.0 Å². The molecule has 0 bridgehead atoms. The Bertz CT molecular complexity index is 985. The summed E-state index contributed by atoms with van der Waals surface area (Å²) < 4.78 is 19.6. The molecule has 0 unspecified atom stereocenters. The van der Waals surface area contributed by atoms with Gasteiger partial charge in [0.15, 0.2) is 5.78 Å². The van der Waals surface area contributed by atoms with E-state index in [1.54, 1.807) is 18.2 Å². The predicted octanol–water partition coefficient (Wildman–Crippen LogP) is 4.06. The quantitative estimate of drug-likeness (QED) is 0.608. The van der Waals surface area contributed by atoms with Crippen LogP contribution in [0.25, 0.3) is 0 Å². The van der Waals surface area contributed by atoms with Crippen LogP contribution in [0, 0.1) is 17.7 Å². The Balaban J connectivity index is 1.90. The monoisotopic (exact) mass is 380 g/mol. The Labute approximate surface area is 162 Å². The van der Waals surface area contributed by atoms with E-state index in [-0.39, 0.29) is 11.7 Å². The van der Waals surface area contributed by atoms with Crippen LogP contribution in [0.15, 0.2) is 59.8 Å². The number of allylic oxidation sites excluding steroid dienone is 1. The van der Waals surface area contributed by atoms with Crippen LogP contribution in [0.1, 0.15) is 24.9 Å². The first-order chi connectivity index (χ1) is 13.5. The van der Waals surface area contributed by atoms with Crippen molar-refractivity contribution in [3.05, 3.63) is 71.2 Å². The summed E-state index contributed by atoms with van der Waals surface area (Å²) in [6, 6.07) is 13.2. The van der Waals surface area contributed by atoms with E-state index in [1.807, 2.05) is 31.2 Å². The minimum Gasteiger partial charge on any atom is -0.468 e. The van der Waals surface area contributed by atoms with Crippen LogP contribution in [0.5, 0.6) is 0 Å². The smallest absolute Gasteiger partial charge is 0.316 e. The van der Waals surface area contributed by atoms with Crippen molar-refractivity contribution in [2.75, 3.05) is 17.7 Å². The second-order valence-electron chi connectivity index (χ2n) is 7.21. The number of halogens is 1. The molecular formula is C22H21FN2O3. The van der Waals surface area contributed by atoms with Gasteiger partial charge in [-0.25, -0.2) is 4.39 Å². The first kappa shape index (κ1) is 18.2. The maximum atomic E-state index is 14.7. The molecule has 0 spiro atoms. The van der Waals surface area contributed by atoms with E-state index in [1.165, 1.54) is 13.2 Å². The van der Waals surface area contributed by atoms with Gasteiger partial charge in [-0.3, -0.25) is 9.59 Å². The van der Waals surface area contributed by atoms with Gasteiger partial charge in [-0.2, -0.15) is 0 Å². The third-order valence-electron chi connectivity index (χ3n) is 5.44. The minimum absolute atomic E-state index is 0.224. The van der Waals surface area contributed by atoms with E-state index in [4.69, 9.17) is 4.74 Å². The molecule has 2 aromatic carbocycles. The van der Waals surface area contributed by atoms with Gasteiger partial charge in [0.2, 0.25) is 0 Å². The number of hydrogen-bond donors (Lipinski definition) is 2. The Morgan fingerprint density at radius 1 is 1.11 bits per heavy atom. The molecule has 0 saturated carbocycles. The molecule has 3 atom stereocenters. The molecule has 4 rings (SSSR count). The number of Topliss-reactive ketones (excluding diaryl/α,β-unsaturated/α-hetero) is 1. The molecule has 1 aliphatic heterocycles. The summed E-state index contributed by atoms with van der Waals surface area (Å²) in [4.78, 5) is 25.7. The number of anilines is 2. The van der Waals surface area contributed by atoms with Gasteiger partial charge in [-0.1, -0.05) is 37.3 Å². The van der Waals surface area contributed by atoms with Crippen LogP contribution >= 0.6 is 0 Å². The lowest BCUT2D eigenvalue weighted by atomic mass is 9.74. The normalized spacial score (nSPS) is 23.7. The van der Waals surface area contributed by atoms with Crippen LogP contribution in [0.4, 0.5) is 15.8 Å². The Hall–Kier alpha value is -3.15. The van der Waals surface area contributed by atoms with Crippen LogP contribution in [0.2, 0.25) is 0 Å². The fourth-order valence-corrected chi connectivity index (χ4v) is 4.08. The molecule has 0 aromatic heterocycles. The van der Waals surface area contributed by atoms with Gasteiger partial charge < -0.3 is 15.4 Å². The highest BCUT2D eigenvalue weighted by Gasteiger charge is 2.44. The van der Waals surface area contributed by atoms with Gasteiger partial charge in [0, 0.05) is 16.8 Å². The fraction of sp³-hybridized carbons (Fsp3) is 0.273. The molecule has 2 aromatic rings. The molecule has 1 aliphatic carbocycles. The second kappa shape index (κ2) is 7.11. The van der Waals surface area contributed by atoms with Crippen LogP contribution in [-0.2, 0) is 14.3 Å². The number of nitrogens with one attached hydrogen (secondary N) is 2. The number of para-hydroxylation sites is 2. The largest absolute Gasteiger partial charge is 0.468 e. The Morgan fingerprint density at radius 3 is 2.50 bits per heavy atom. The van der Waals surface area contributed by atoms with Crippen molar-refractivity contribution in [2.45, 2.75) is 19.4 Å². The highest BCUT2D eigenvalue weighted by Crippen LogP contribution is 2.44. The van der Waals surface area contributed by atoms with Crippen molar-refractivity contribution in [1.29, 1.82) is 0 Å². The molecule has 0 saturated heterocycles. The first-order valence-corrected chi connectivity index (χ1v) is 9.23. The minimum atomic E-state index is -0.900. The summed E-state index contributed by atoms with van der Waals surface area (Å²) in [6.07, 6.45) is 0.488. The SMILES string of the molecule is COC(=O)[C@@H]1C(=O)C2=C(C[C@H]1C)Nc1ccccc1N[C@H]2c1ccccc1F. The average molecular weight is 380 g/mol. The van der Waals surface area contributed by atoms with Gasteiger partial charge in [0.25, 0.3) is 0 Å². The van der Waals surface area contributed by atoms with Crippen molar-refractivity contribution < 1.29 is 18.7 Å². The molecule has 0 radical (unpaired) electrons. The van der Waals surface area contributed by atoms with Gasteiger partial charge in [-0.05, 0) is 30.5 Å². The highest BCUT2D eigenvalue weighted by molar-refractivity contribution is 6.11. The fourth-order valence-electron chi connectivity index (χ4n) is 4.08. The average Bonchev–Trinajstić information content (AvgIpc) is 2.84. The summed E-state index contributed by atoms with van der Waals surface area (Å²) in [5.41, 5.74) is 3.03. The maximum Gasteiger partial charge on any atom is 0.316 e. The zero-order valence-corrected chi connectivity index (χ0v) is 15.7. The number of ketones is 1. The van der Waals surface area contributed by atoms with Gasteiger partial charge >= 0.3 is 5.97 Å². The number of esters is 1. The molecular weight excluding hydrogens is 359 g/mol. The zero-order valence-electron chi connectivity index (χ0n) is 15.7. The number of benzene rings is 2. The molecule has 0 amide bonds. The van der Waals surface area contributed by atoms with Crippen LogP contribution in [0.3, 0.4) is 0 Å². The predicted molar refractivity (Wildman–Crippen MR) is 104 cm³/mol. The molecule has 144 valence electrons. The Kier molecular flexibility index (Phi) is 4.63. The van der Waals surface area contributed by atoms with E-state index in [2.05, 4.69) is 10.6 Å². The number of ether oxygens (including phenoxy) is 1.